The fraction of sp³-hybridized carbons (Fsp3) is 0.846. The molecule has 0 heterocycles. The van der Waals surface area contributed by atoms with Crippen LogP contribution in [0.3, 0.4) is 0 Å². The molecular formula is C39H72O14. The molecule has 0 saturated heterocycles. The summed E-state index contributed by atoms with van der Waals surface area (Å²) in [7, 11) is 0. The summed E-state index contributed by atoms with van der Waals surface area (Å²) in [5, 5.41) is 0. The van der Waals surface area contributed by atoms with Gasteiger partial charge in [-0.15, -0.1) is 0 Å². The quantitative estimate of drug-likeness (QED) is 0.0638. The Labute approximate surface area is 319 Å². The maximum atomic E-state index is 11.2. The summed E-state index contributed by atoms with van der Waals surface area (Å²) in [5.41, 5.74) is 0. The fourth-order valence-electron chi connectivity index (χ4n) is 4.02. The Morgan fingerprint density at radius 1 is 0.340 bits per heavy atom. The number of hydrogen-bond donors (Lipinski definition) is 0. The lowest BCUT2D eigenvalue weighted by atomic mass is 10.3. The minimum atomic E-state index is -0.472. The summed E-state index contributed by atoms with van der Waals surface area (Å²) in [6.45, 7) is 32.0. The van der Waals surface area contributed by atoms with Gasteiger partial charge in [0.05, 0.1) is 127 Å². The Morgan fingerprint density at radius 2 is 0.528 bits per heavy atom. The third kappa shape index (κ3) is 31.0. The Kier molecular flexibility index (Phi) is 30.1. The first-order chi connectivity index (χ1) is 25.0. The Morgan fingerprint density at radius 3 is 0.736 bits per heavy atom. The number of hydrogen-bond acceptors (Lipinski definition) is 14. The van der Waals surface area contributed by atoms with Gasteiger partial charge in [0.15, 0.2) is 0 Å². The number of carbonyl (C=O) groups excluding carboxylic acids is 2. The van der Waals surface area contributed by atoms with Gasteiger partial charge in [-0.3, -0.25) is 0 Å². The summed E-state index contributed by atoms with van der Waals surface area (Å²) >= 11 is 0. The van der Waals surface area contributed by atoms with Crippen LogP contribution in [-0.2, 0) is 66.4 Å². The second-order valence-corrected chi connectivity index (χ2v) is 13.7. The van der Waals surface area contributed by atoms with Crippen molar-refractivity contribution < 1.29 is 66.4 Å². The molecule has 14 heteroatoms. The van der Waals surface area contributed by atoms with Gasteiger partial charge in [0.1, 0.15) is 12.7 Å². The van der Waals surface area contributed by atoms with Crippen molar-refractivity contribution in [1.82, 2.24) is 0 Å². The summed E-state index contributed by atoms with van der Waals surface area (Å²) in [5.74, 6) is -0.943. The van der Waals surface area contributed by atoms with Gasteiger partial charge < -0.3 is 56.8 Å². The zero-order valence-electron chi connectivity index (χ0n) is 34.4. The lowest BCUT2D eigenvalue weighted by Crippen LogP contribution is -2.31. The molecule has 0 saturated carbocycles. The highest BCUT2D eigenvalue weighted by molar-refractivity contribution is 5.81. The Bertz CT molecular complexity index is 951. The number of ether oxygens (including phenoxy) is 12. The molecule has 53 heavy (non-hydrogen) atoms. The van der Waals surface area contributed by atoms with Crippen molar-refractivity contribution in [2.24, 2.45) is 0 Å². The topological polar surface area (TPSA) is 145 Å². The van der Waals surface area contributed by atoms with Crippen molar-refractivity contribution in [3.05, 3.63) is 25.3 Å². The Hall–Kier alpha value is -1.98. The predicted molar refractivity (Wildman–Crippen MR) is 201 cm³/mol. The van der Waals surface area contributed by atoms with Crippen molar-refractivity contribution in [2.45, 2.75) is 143 Å². The van der Waals surface area contributed by atoms with E-state index in [0.717, 1.165) is 12.2 Å². The monoisotopic (exact) mass is 764 g/mol. The van der Waals surface area contributed by atoms with Crippen molar-refractivity contribution in [3.63, 3.8) is 0 Å². The van der Waals surface area contributed by atoms with Crippen LogP contribution in [0.15, 0.2) is 25.3 Å². The van der Waals surface area contributed by atoms with Gasteiger partial charge in [0.2, 0.25) is 0 Å². The molecule has 11 atom stereocenters. The second kappa shape index (κ2) is 31.2. The molecular weight excluding hydrogens is 692 g/mol. The molecule has 312 valence electrons. The molecule has 0 bridgehead atoms. The van der Waals surface area contributed by atoms with Gasteiger partial charge in [-0.1, -0.05) is 13.2 Å². The summed E-state index contributed by atoms with van der Waals surface area (Å²) < 4.78 is 68.5. The average molecular weight is 765 g/mol. The zero-order chi connectivity index (χ0) is 40.2. The third-order valence-electron chi connectivity index (χ3n) is 7.27. The van der Waals surface area contributed by atoms with Crippen molar-refractivity contribution in [2.75, 3.05) is 72.7 Å². The molecule has 0 aliphatic heterocycles. The van der Waals surface area contributed by atoms with Crippen LogP contribution in [0.2, 0.25) is 0 Å². The molecule has 0 aliphatic rings. The molecule has 11 unspecified atom stereocenters. The van der Waals surface area contributed by atoms with Crippen LogP contribution in [0.1, 0.15) is 76.2 Å². The number of carbonyl (C=O) groups is 2. The van der Waals surface area contributed by atoms with E-state index >= 15 is 0 Å². The van der Waals surface area contributed by atoms with Crippen LogP contribution in [0.25, 0.3) is 0 Å². The smallest absolute Gasteiger partial charge is 0.330 e. The summed E-state index contributed by atoms with van der Waals surface area (Å²) in [6, 6.07) is 0. The van der Waals surface area contributed by atoms with E-state index in [0.29, 0.717) is 59.5 Å². The average Bonchev–Trinajstić information content (AvgIpc) is 3.14. The first-order valence-corrected chi connectivity index (χ1v) is 18.8. The van der Waals surface area contributed by atoms with Gasteiger partial charge in [0, 0.05) is 12.2 Å². The molecule has 0 rings (SSSR count). The van der Waals surface area contributed by atoms with Crippen LogP contribution < -0.4 is 0 Å². The van der Waals surface area contributed by atoms with Crippen LogP contribution in [0.4, 0.5) is 0 Å². The van der Waals surface area contributed by atoms with Crippen molar-refractivity contribution in [1.29, 1.82) is 0 Å². The normalized spacial score (nSPS) is 18.0. The van der Waals surface area contributed by atoms with E-state index in [9.17, 15) is 9.59 Å². The van der Waals surface area contributed by atoms with Crippen LogP contribution in [0, 0.1) is 0 Å². The van der Waals surface area contributed by atoms with E-state index in [-0.39, 0.29) is 80.4 Å². The van der Waals surface area contributed by atoms with Crippen molar-refractivity contribution in [3.8, 4) is 0 Å². The van der Waals surface area contributed by atoms with Crippen LogP contribution >= 0.6 is 0 Å². The largest absolute Gasteiger partial charge is 0.460 e. The minimum Gasteiger partial charge on any atom is -0.460 e. The highest BCUT2D eigenvalue weighted by Crippen LogP contribution is 2.07. The van der Waals surface area contributed by atoms with Gasteiger partial charge in [-0.05, 0) is 76.2 Å². The molecule has 0 fully saturated rings. The molecule has 0 aromatic carbocycles. The lowest BCUT2D eigenvalue weighted by Gasteiger charge is -2.23. The first-order valence-electron chi connectivity index (χ1n) is 18.8. The molecule has 0 N–H and O–H groups in total. The predicted octanol–water partition coefficient (Wildman–Crippen LogP) is 4.88. The SMILES string of the molecule is C=CC(=O)OCC(C)OCC(C)OCC(C)OCC(C)OCC(C)OCC(C)OCC(C)OCC(C)OCC(C)OCC(C)OCC(C)OC(=O)C=C. The highest BCUT2D eigenvalue weighted by atomic mass is 16.6. The molecule has 0 aromatic heterocycles. The summed E-state index contributed by atoms with van der Waals surface area (Å²) in [6.07, 6.45) is 0.538. The van der Waals surface area contributed by atoms with Gasteiger partial charge in [-0.25, -0.2) is 9.59 Å². The van der Waals surface area contributed by atoms with Crippen LogP contribution in [0.5, 0.6) is 0 Å². The lowest BCUT2D eigenvalue weighted by molar-refractivity contribution is -0.147. The maximum absolute atomic E-state index is 11.2. The fourth-order valence-corrected chi connectivity index (χ4v) is 4.02. The summed E-state index contributed by atoms with van der Waals surface area (Å²) in [4.78, 5) is 22.4. The number of esters is 2. The molecule has 0 aliphatic carbocycles. The maximum Gasteiger partial charge on any atom is 0.330 e. The highest BCUT2D eigenvalue weighted by Gasteiger charge is 2.16. The van der Waals surface area contributed by atoms with Crippen LogP contribution in [-0.4, -0.2) is 152 Å². The second-order valence-electron chi connectivity index (χ2n) is 13.7. The molecule has 0 aromatic rings. The molecule has 0 spiro atoms. The standard InChI is InChI=1S/C39H72O14/c1-14-38(40)52-25-36(12)50-23-34(10)48-21-32(8)46-19-30(6)44-17-28(4)42-16-27(3)43-18-29(5)45-20-31(7)47-22-33(9)49-24-35(11)51-26-37(13)53-39(41)15-2/h14-15,27-37H,1-2,16-26H2,3-13H3. The van der Waals surface area contributed by atoms with Gasteiger partial charge >= 0.3 is 11.9 Å². The van der Waals surface area contributed by atoms with Crippen molar-refractivity contribution >= 4 is 11.9 Å². The van der Waals surface area contributed by atoms with Gasteiger partial charge in [0.25, 0.3) is 0 Å². The van der Waals surface area contributed by atoms with E-state index in [2.05, 4.69) is 13.2 Å². The number of rotatable bonds is 35. The molecule has 0 radical (unpaired) electrons. The first kappa shape index (κ1) is 51.0. The molecule has 14 nitrogen and oxygen atoms in total. The Balaban J connectivity index is 3.97. The van der Waals surface area contributed by atoms with E-state index in [1.807, 2.05) is 69.2 Å². The minimum absolute atomic E-state index is 0.112. The third-order valence-corrected chi connectivity index (χ3v) is 7.27. The van der Waals surface area contributed by atoms with Gasteiger partial charge in [-0.2, -0.15) is 0 Å². The van der Waals surface area contributed by atoms with E-state index in [1.165, 1.54) is 0 Å². The van der Waals surface area contributed by atoms with E-state index in [1.54, 1.807) is 6.92 Å². The van der Waals surface area contributed by atoms with E-state index in [4.69, 9.17) is 56.8 Å². The zero-order valence-corrected chi connectivity index (χ0v) is 34.4. The van der Waals surface area contributed by atoms with E-state index < -0.39 is 11.9 Å². The molecule has 0 amide bonds.